The molecule has 5 heteroatoms. The lowest BCUT2D eigenvalue weighted by molar-refractivity contribution is -0.141. The van der Waals surface area contributed by atoms with Crippen LogP contribution in [-0.4, -0.2) is 23.0 Å². The molecule has 1 atom stereocenters. The van der Waals surface area contributed by atoms with Crippen molar-refractivity contribution in [3.63, 3.8) is 0 Å². The number of hydrogen-bond donors (Lipinski definition) is 2. The van der Waals surface area contributed by atoms with Gasteiger partial charge in [0.2, 0.25) is 5.91 Å². The number of rotatable bonds is 6. The lowest BCUT2D eigenvalue weighted by Crippen LogP contribution is -2.43. The minimum Gasteiger partial charge on any atom is -0.480 e. The minimum atomic E-state index is -1.13. The average Bonchev–Trinajstić information content (AvgIpc) is 2.67. The van der Waals surface area contributed by atoms with Crippen molar-refractivity contribution >= 4 is 22.6 Å². The van der Waals surface area contributed by atoms with Crippen molar-refractivity contribution in [2.75, 3.05) is 0 Å². The van der Waals surface area contributed by atoms with E-state index in [2.05, 4.69) is 5.32 Å². The molecule has 2 N–H and O–H groups in total. The van der Waals surface area contributed by atoms with Crippen LogP contribution < -0.4 is 5.32 Å². The van der Waals surface area contributed by atoms with Gasteiger partial charge in [-0.2, -0.15) is 5.26 Å². The first kappa shape index (κ1) is 18.2. The fourth-order valence-electron chi connectivity index (χ4n) is 3.01. The monoisotopic (exact) mass is 358 g/mol. The molecule has 0 aliphatic rings. The van der Waals surface area contributed by atoms with E-state index >= 15 is 0 Å². The summed E-state index contributed by atoms with van der Waals surface area (Å²) in [5.41, 5.74) is 1.82. The Balaban J connectivity index is 1.71. The third-order valence-corrected chi connectivity index (χ3v) is 4.37. The lowest BCUT2D eigenvalue weighted by Gasteiger charge is -2.15. The second kappa shape index (κ2) is 8.15. The Morgan fingerprint density at radius 1 is 1.00 bits per heavy atom. The van der Waals surface area contributed by atoms with Crippen molar-refractivity contribution in [3.05, 3.63) is 83.4 Å². The van der Waals surface area contributed by atoms with E-state index in [1.807, 2.05) is 48.5 Å². The van der Waals surface area contributed by atoms with Crippen LogP contribution in [0.15, 0.2) is 66.7 Å². The highest BCUT2D eigenvalue weighted by atomic mass is 16.4. The predicted octanol–water partition coefficient (Wildman–Crippen LogP) is 3.07. The number of hydrogen-bond acceptors (Lipinski definition) is 3. The van der Waals surface area contributed by atoms with Crippen LogP contribution in [0, 0.1) is 11.3 Å². The molecule has 27 heavy (non-hydrogen) atoms. The van der Waals surface area contributed by atoms with Crippen molar-refractivity contribution in [3.8, 4) is 6.07 Å². The summed E-state index contributed by atoms with van der Waals surface area (Å²) in [4.78, 5) is 23.9. The van der Waals surface area contributed by atoms with E-state index in [9.17, 15) is 14.7 Å². The SMILES string of the molecule is N#Cc1ccccc1C[C@H](NC(=O)Cc1ccc2ccccc2c1)C(=O)O. The summed E-state index contributed by atoms with van der Waals surface area (Å²) >= 11 is 0. The molecule has 0 aromatic heterocycles. The van der Waals surface area contributed by atoms with Gasteiger partial charge in [0.05, 0.1) is 18.1 Å². The van der Waals surface area contributed by atoms with Crippen molar-refractivity contribution in [2.45, 2.75) is 18.9 Å². The average molecular weight is 358 g/mol. The molecule has 0 spiro atoms. The Morgan fingerprint density at radius 2 is 1.70 bits per heavy atom. The van der Waals surface area contributed by atoms with Crippen LogP contribution in [0.3, 0.4) is 0 Å². The van der Waals surface area contributed by atoms with Crippen LogP contribution in [0.1, 0.15) is 16.7 Å². The first-order valence-corrected chi connectivity index (χ1v) is 8.54. The van der Waals surface area contributed by atoms with Crippen molar-refractivity contribution in [1.29, 1.82) is 5.26 Å². The molecule has 0 fully saturated rings. The molecule has 134 valence electrons. The number of amides is 1. The summed E-state index contributed by atoms with van der Waals surface area (Å²) in [6.45, 7) is 0. The molecule has 3 aromatic rings. The maximum atomic E-state index is 12.4. The van der Waals surface area contributed by atoms with Gasteiger partial charge in [-0.3, -0.25) is 4.79 Å². The molecular weight excluding hydrogens is 340 g/mol. The van der Waals surface area contributed by atoms with Crippen molar-refractivity contribution in [1.82, 2.24) is 5.32 Å². The van der Waals surface area contributed by atoms with E-state index in [1.165, 1.54) is 0 Å². The fraction of sp³-hybridized carbons (Fsp3) is 0.136. The van der Waals surface area contributed by atoms with Gasteiger partial charge in [0.15, 0.2) is 0 Å². The molecule has 0 saturated carbocycles. The van der Waals surface area contributed by atoms with Gasteiger partial charge in [0.1, 0.15) is 6.04 Å². The van der Waals surface area contributed by atoms with Gasteiger partial charge in [0, 0.05) is 6.42 Å². The molecule has 0 bridgehead atoms. The Labute approximate surface area is 156 Å². The van der Waals surface area contributed by atoms with E-state index in [1.54, 1.807) is 24.3 Å². The quantitative estimate of drug-likeness (QED) is 0.708. The van der Waals surface area contributed by atoms with Crippen molar-refractivity contribution < 1.29 is 14.7 Å². The Kier molecular flexibility index (Phi) is 5.48. The van der Waals surface area contributed by atoms with Gasteiger partial charge in [-0.15, -0.1) is 0 Å². The molecule has 0 unspecified atom stereocenters. The summed E-state index contributed by atoms with van der Waals surface area (Å²) in [5.74, 6) is -1.50. The van der Waals surface area contributed by atoms with Gasteiger partial charge >= 0.3 is 5.97 Å². The van der Waals surface area contributed by atoms with Crippen LogP contribution in [0.25, 0.3) is 10.8 Å². The first-order chi connectivity index (χ1) is 13.1. The largest absolute Gasteiger partial charge is 0.480 e. The van der Waals surface area contributed by atoms with Crippen LogP contribution in [0.2, 0.25) is 0 Å². The fourth-order valence-corrected chi connectivity index (χ4v) is 3.01. The second-order valence-corrected chi connectivity index (χ2v) is 6.29. The number of carbonyl (C=O) groups is 2. The molecule has 1 amide bonds. The van der Waals surface area contributed by atoms with E-state index in [4.69, 9.17) is 5.26 Å². The third kappa shape index (κ3) is 4.50. The number of carboxylic acid groups (broad SMARTS) is 1. The van der Waals surface area contributed by atoms with E-state index in [-0.39, 0.29) is 18.7 Å². The third-order valence-electron chi connectivity index (χ3n) is 4.37. The van der Waals surface area contributed by atoms with Crippen molar-refractivity contribution in [2.24, 2.45) is 0 Å². The van der Waals surface area contributed by atoms with E-state index < -0.39 is 12.0 Å². The number of carboxylic acids is 1. The zero-order chi connectivity index (χ0) is 19.2. The van der Waals surface area contributed by atoms with Crippen LogP contribution in [0.4, 0.5) is 0 Å². The topological polar surface area (TPSA) is 90.2 Å². The molecule has 0 aliphatic carbocycles. The number of nitrogens with one attached hydrogen (secondary N) is 1. The van der Waals surface area contributed by atoms with Gasteiger partial charge in [0.25, 0.3) is 0 Å². The molecule has 5 nitrogen and oxygen atoms in total. The predicted molar refractivity (Wildman–Crippen MR) is 102 cm³/mol. The number of nitrogens with zero attached hydrogens (tertiary/aromatic N) is 1. The number of aliphatic carboxylic acids is 1. The van der Waals surface area contributed by atoms with E-state index in [0.29, 0.717) is 11.1 Å². The maximum Gasteiger partial charge on any atom is 0.326 e. The smallest absolute Gasteiger partial charge is 0.326 e. The summed E-state index contributed by atoms with van der Waals surface area (Å²) in [6, 6.07) is 21.3. The minimum absolute atomic E-state index is 0.0581. The highest BCUT2D eigenvalue weighted by Gasteiger charge is 2.21. The summed E-state index contributed by atoms with van der Waals surface area (Å²) in [6.07, 6.45) is 0.150. The van der Waals surface area contributed by atoms with Gasteiger partial charge in [-0.1, -0.05) is 60.7 Å². The van der Waals surface area contributed by atoms with Gasteiger partial charge in [-0.05, 0) is 28.0 Å². The van der Waals surface area contributed by atoms with Crippen LogP contribution >= 0.6 is 0 Å². The summed E-state index contributed by atoms with van der Waals surface area (Å²) < 4.78 is 0. The van der Waals surface area contributed by atoms with Gasteiger partial charge < -0.3 is 10.4 Å². The molecule has 3 rings (SSSR count). The molecule has 0 saturated heterocycles. The van der Waals surface area contributed by atoms with Gasteiger partial charge in [-0.25, -0.2) is 4.79 Å². The highest BCUT2D eigenvalue weighted by Crippen LogP contribution is 2.16. The number of nitriles is 1. The Bertz CT molecular complexity index is 1040. The first-order valence-electron chi connectivity index (χ1n) is 8.54. The van der Waals surface area contributed by atoms with Crippen LogP contribution in [0.5, 0.6) is 0 Å². The molecular formula is C22H18N2O3. The zero-order valence-corrected chi connectivity index (χ0v) is 14.6. The molecule has 0 aliphatic heterocycles. The number of fused-ring (bicyclic) bond motifs is 1. The normalized spacial score (nSPS) is 11.5. The summed E-state index contributed by atoms with van der Waals surface area (Å²) in [5, 5.41) is 23.3. The number of benzene rings is 3. The molecule has 0 radical (unpaired) electrons. The lowest BCUT2D eigenvalue weighted by atomic mass is 10.0. The van der Waals surface area contributed by atoms with E-state index in [0.717, 1.165) is 16.3 Å². The standard InChI is InChI=1S/C22H18N2O3/c23-14-19-8-4-3-7-18(19)13-20(22(26)27)24-21(25)12-15-9-10-16-5-1-2-6-17(16)11-15/h1-11,20H,12-13H2,(H,24,25)(H,26,27)/t20-/m0/s1. The highest BCUT2D eigenvalue weighted by molar-refractivity contribution is 5.87. The Hall–Kier alpha value is -3.65. The van der Waals surface area contributed by atoms with Crippen LogP contribution in [-0.2, 0) is 22.4 Å². The number of carbonyl (C=O) groups excluding carboxylic acids is 1. The molecule has 0 heterocycles. The molecule has 3 aromatic carbocycles. The second-order valence-electron chi connectivity index (χ2n) is 6.29. The maximum absolute atomic E-state index is 12.4. The summed E-state index contributed by atoms with van der Waals surface area (Å²) in [7, 11) is 0. The Morgan fingerprint density at radius 3 is 2.44 bits per heavy atom. The zero-order valence-electron chi connectivity index (χ0n) is 14.6.